The third-order valence-corrected chi connectivity index (χ3v) is 4.15. The Morgan fingerprint density at radius 1 is 1.14 bits per heavy atom. The molecule has 0 radical (unpaired) electrons. The van der Waals surface area contributed by atoms with Crippen LogP contribution in [-0.4, -0.2) is 32.9 Å². The van der Waals surface area contributed by atoms with Crippen LogP contribution in [0.4, 0.5) is 0 Å². The smallest absolute Gasteiger partial charge is 0.161 e. The summed E-state index contributed by atoms with van der Waals surface area (Å²) in [4.78, 5) is 0. The molecule has 0 amide bonds. The first-order valence-electron chi connectivity index (χ1n) is 8.10. The second-order valence-electron chi connectivity index (χ2n) is 5.80. The van der Waals surface area contributed by atoms with Gasteiger partial charge in [0.05, 0.1) is 19.3 Å². The van der Waals surface area contributed by atoms with Crippen LogP contribution in [0.15, 0.2) is 18.2 Å². The van der Waals surface area contributed by atoms with Gasteiger partial charge in [-0.2, -0.15) is 0 Å². The van der Waals surface area contributed by atoms with Crippen LogP contribution >= 0.6 is 0 Å². The molecule has 2 aliphatic heterocycles. The lowest BCUT2D eigenvalue weighted by Gasteiger charge is -2.20. The molecule has 2 heterocycles. The molecule has 116 valence electrons. The normalized spacial score (nSPS) is 24.8. The summed E-state index contributed by atoms with van der Waals surface area (Å²) < 4.78 is 17.4. The van der Waals surface area contributed by atoms with E-state index < -0.39 is 0 Å². The minimum Gasteiger partial charge on any atom is -0.490 e. The largest absolute Gasteiger partial charge is 0.490 e. The van der Waals surface area contributed by atoms with Crippen molar-refractivity contribution in [2.24, 2.45) is 5.92 Å². The second kappa shape index (κ2) is 7.14. The molecule has 21 heavy (non-hydrogen) atoms. The Morgan fingerprint density at radius 3 is 2.86 bits per heavy atom. The Kier molecular flexibility index (Phi) is 4.99. The van der Waals surface area contributed by atoms with Crippen molar-refractivity contribution in [1.29, 1.82) is 0 Å². The van der Waals surface area contributed by atoms with Crippen molar-refractivity contribution in [2.75, 3.05) is 32.9 Å². The molecule has 1 N–H and O–H groups in total. The zero-order valence-electron chi connectivity index (χ0n) is 12.8. The number of nitrogens with one attached hydrogen (secondary N) is 1. The van der Waals surface area contributed by atoms with E-state index >= 15 is 0 Å². The Balaban J connectivity index is 1.71. The third-order valence-electron chi connectivity index (χ3n) is 4.15. The topological polar surface area (TPSA) is 39.7 Å². The predicted octanol–water partition coefficient (Wildman–Crippen LogP) is 2.93. The van der Waals surface area contributed by atoms with Crippen molar-refractivity contribution in [3.8, 4) is 11.5 Å². The fourth-order valence-electron chi connectivity index (χ4n) is 3.03. The van der Waals surface area contributed by atoms with Crippen molar-refractivity contribution < 1.29 is 14.2 Å². The number of fused-ring (bicyclic) bond motifs is 1. The highest BCUT2D eigenvalue weighted by Crippen LogP contribution is 2.39. The van der Waals surface area contributed by atoms with Crippen molar-refractivity contribution >= 4 is 0 Å². The molecule has 4 nitrogen and oxygen atoms in total. The van der Waals surface area contributed by atoms with Crippen molar-refractivity contribution in [2.45, 2.75) is 32.3 Å². The molecule has 2 aliphatic rings. The summed E-state index contributed by atoms with van der Waals surface area (Å²) in [6.07, 6.45) is 3.40. The lowest BCUT2D eigenvalue weighted by molar-refractivity contribution is 0.0903. The Labute approximate surface area is 126 Å². The summed E-state index contributed by atoms with van der Waals surface area (Å²) in [7, 11) is 0. The molecule has 2 unspecified atom stereocenters. The number of ether oxygens (including phenoxy) is 3. The SMILES string of the molecule is CCCNCC1CCOC1c1ccc2c(c1)OCCCO2. The van der Waals surface area contributed by atoms with Crippen LogP contribution in [0.1, 0.15) is 37.9 Å². The molecule has 1 aromatic rings. The molecule has 1 aromatic carbocycles. The maximum absolute atomic E-state index is 5.97. The molecule has 2 atom stereocenters. The molecular weight excluding hydrogens is 266 g/mol. The highest BCUT2D eigenvalue weighted by molar-refractivity contribution is 5.44. The Morgan fingerprint density at radius 2 is 2.00 bits per heavy atom. The first-order valence-corrected chi connectivity index (χ1v) is 8.10. The van der Waals surface area contributed by atoms with E-state index in [4.69, 9.17) is 14.2 Å². The highest BCUT2D eigenvalue weighted by Gasteiger charge is 2.30. The zero-order valence-corrected chi connectivity index (χ0v) is 12.8. The fraction of sp³-hybridized carbons (Fsp3) is 0.647. The van der Waals surface area contributed by atoms with Crippen molar-refractivity contribution in [3.05, 3.63) is 23.8 Å². The molecule has 4 heteroatoms. The molecule has 0 aromatic heterocycles. The van der Waals surface area contributed by atoms with Crippen LogP contribution < -0.4 is 14.8 Å². The maximum Gasteiger partial charge on any atom is 0.161 e. The standard InChI is InChI=1S/C17H25NO3/c1-2-7-18-12-14-6-10-21-17(14)13-4-5-15-16(11-13)20-9-3-8-19-15/h4-5,11,14,17-18H,2-3,6-10,12H2,1H3. The van der Waals surface area contributed by atoms with Crippen LogP contribution in [0, 0.1) is 5.92 Å². The fourth-order valence-corrected chi connectivity index (χ4v) is 3.03. The quantitative estimate of drug-likeness (QED) is 0.847. The average Bonchev–Trinajstić information content (AvgIpc) is 2.84. The molecule has 0 spiro atoms. The van der Waals surface area contributed by atoms with E-state index in [2.05, 4.69) is 24.4 Å². The first-order chi connectivity index (χ1) is 10.4. The minimum absolute atomic E-state index is 0.173. The van der Waals surface area contributed by atoms with Crippen molar-refractivity contribution in [3.63, 3.8) is 0 Å². The zero-order chi connectivity index (χ0) is 14.5. The van der Waals surface area contributed by atoms with Gasteiger partial charge < -0.3 is 19.5 Å². The van der Waals surface area contributed by atoms with Crippen LogP contribution in [0.25, 0.3) is 0 Å². The van der Waals surface area contributed by atoms with Crippen LogP contribution in [0.5, 0.6) is 11.5 Å². The molecule has 3 rings (SSSR count). The Hall–Kier alpha value is -1.26. The van der Waals surface area contributed by atoms with Gasteiger partial charge in [0.2, 0.25) is 0 Å². The van der Waals surface area contributed by atoms with Crippen LogP contribution in [0.2, 0.25) is 0 Å². The molecule has 0 saturated carbocycles. The summed E-state index contributed by atoms with van der Waals surface area (Å²) in [5.74, 6) is 2.26. The van der Waals surface area contributed by atoms with E-state index in [1.54, 1.807) is 0 Å². The van der Waals surface area contributed by atoms with E-state index in [1.807, 2.05) is 6.07 Å². The highest BCUT2D eigenvalue weighted by atomic mass is 16.5. The van der Waals surface area contributed by atoms with Gasteiger partial charge in [0.25, 0.3) is 0 Å². The van der Waals surface area contributed by atoms with Gasteiger partial charge in [0.15, 0.2) is 11.5 Å². The number of rotatable bonds is 5. The predicted molar refractivity (Wildman–Crippen MR) is 82.0 cm³/mol. The van der Waals surface area contributed by atoms with E-state index in [9.17, 15) is 0 Å². The van der Waals surface area contributed by atoms with Crippen molar-refractivity contribution in [1.82, 2.24) is 5.32 Å². The van der Waals surface area contributed by atoms with Gasteiger partial charge in [-0.25, -0.2) is 0 Å². The molecular formula is C17H25NO3. The second-order valence-corrected chi connectivity index (χ2v) is 5.80. The van der Waals surface area contributed by atoms with Gasteiger partial charge in [-0.1, -0.05) is 13.0 Å². The Bertz CT molecular complexity index is 463. The summed E-state index contributed by atoms with van der Waals surface area (Å²) in [5, 5.41) is 3.51. The number of hydrogen-bond donors (Lipinski definition) is 1. The average molecular weight is 291 g/mol. The van der Waals surface area contributed by atoms with Gasteiger partial charge in [0.1, 0.15) is 0 Å². The number of hydrogen-bond acceptors (Lipinski definition) is 4. The molecule has 0 aliphatic carbocycles. The summed E-state index contributed by atoms with van der Waals surface area (Å²) >= 11 is 0. The van der Waals surface area contributed by atoms with Crippen LogP contribution in [0.3, 0.4) is 0 Å². The third kappa shape index (κ3) is 3.50. The molecule has 1 saturated heterocycles. The maximum atomic E-state index is 5.97. The van der Waals surface area contributed by atoms with Gasteiger partial charge >= 0.3 is 0 Å². The molecule has 0 bridgehead atoms. The van der Waals surface area contributed by atoms with Crippen LogP contribution in [-0.2, 0) is 4.74 Å². The monoisotopic (exact) mass is 291 g/mol. The van der Waals surface area contributed by atoms with E-state index in [1.165, 1.54) is 12.0 Å². The number of benzene rings is 1. The minimum atomic E-state index is 0.173. The first kappa shape index (κ1) is 14.7. The van der Waals surface area contributed by atoms with E-state index in [0.717, 1.165) is 57.3 Å². The van der Waals surface area contributed by atoms with Gasteiger partial charge in [0, 0.05) is 25.5 Å². The van der Waals surface area contributed by atoms with E-state index in [-0.39, 0.29) is 6.10 Å². The van der Waals surface area contributed by atoms with Gasteiger partial charge in [-0.05, 0) is 37.1 Å². The van der Waals surface area contributed by atoms with E-state index in [0.29, 0.717) is 5.92 Å². The molecule has 1 fully saturated rings. The summed E-state index contributed by atoms with van der Waals surface area (Å²) in [6.45, 7) is 6.59. The lowest BCUT2D eigenvalue weighted by atomic mass is 9.95. The lowest BCUT2D eigenvalue weighted by Crippen LogP contribution is -2.25. The van der Waals surface area contributed by atoms with Gasteiger partial charge in [-0.3, -0.25) is 0 Å². The summed E-state index contributed by atoms with van der Waals surface area (Å²) in [5.41, 5.74) is 1.21. The van der Waals surface area contributed by atoms with Gasteiger partial charge in [-0.15, -0.1) is 0 Å². The summed E-state index contributed by atoms with van der Waals surface area (Å²) in [6, 6.07) is 6.24.